The summed E-state index contributed by atoms with van der Waals surface area (Å²) in [5.41, 5.74) is 2.83. The zero-order chi connectivity index (χ0) is 14.5. The van der Waals surface area contributed by atoms with Gasteiger partial charge in [-0.05, 0) is 31.7 Å². The Morgan fingerprint density at radius 3 is 3.10 bits per heavy atom. The number of aliphatic hydroxyl groups is 1. The summed E-state index contributed by atoms with van der Waals surface area (Å²) >= 11 is 5.99. The van der Waals surface area contributed by atoms with Crippen molar-refractivity contribution in [3.63, 3.8) is 0 Å². The van der Waals surface area contributed by atoms with Crippen LogP contribution in [0, 0.1) is 0 Å². The Morgan fingerprint density at radius 1 is 1.65 bits per heavy atom. The van der Waals surface area contributed by atoms with Crippen molar-refractivity contribution in [2.75, 3.05) is 18.6 Å². The van der Waals surface area contributed by atoms with E-state index in [1.165, 1.54) is 6.20 Å². The summed E-state index contributed by atoms with van der Waals surface area (Å²) in [7, 11) is 0. The SMILES string of the molecule is NNc1ncc(C(=O)N2CCCC2CCCO)cc1Cl. The van der Waals surface area contributed by atoms with Gasteiger partial charge < -0.3 is 15.4 Å². The smallest absolute Gasteiger partial charge is 0.255 e. The number of pyridine rings is 1. The number of aromatic nitrogens is 1. The zero-order valence-corrected chi connectivity index (χ0v) is 11.9. The first-order chi connectivity index (χ1) is 9.67. The van der Waals surface area contributed by atoms with E-state index in [9.17, 15) is 4.79 Å². The van der Waals surface area contributed by atoms with Gasteiger partial charge in [-0.25, -0.2) is 10.8 Å². The maximum absolute atomic E-state index is 12.5. The van der Waals surface area contributed by atoms with Gasteiger partial charge in [-0.2, -0.15) is 0 Å². The number of anilines is 1. The molecule has 6 nitrogen and oxygen atoms in total. The first-order valence-corrected chi connectivity index (χ1v) is 7.09. The monoisotopic (exact) mass is 298 g/mol. The fourth-order valence-corrected chi connectivity index (χ4v) is 2.78. The number of hydrazine groups is 1. The number of aliphatic hydroxyl groups excluding tert-OH is 1. The molecule has 0 bridgehead atoms. The standard InChI is InChI=1S/C13H19ClN4O2/c14-11-7-9(8-16-12(11)17-15)13(20)18-5-1-3-10(18)4-2-6-19/h7-8,10,19H,1-6,15H2,(H,16,17). The predicted octanol–water partition coefficient (Wildman–Crippen LogP) is 1.40. The molecule has 0 spiro atoms. The molecule has 0 saturated carbocycles. The van der Waals surface area contributed by atoms with Crippen LogP contribution in [0.1, 0.15) is 36.0 Å². The fraction of sp³-hybridized carbons (Fsp3) is 0.538. The maximum atomic E-state index is 12.5. The molecule has 1 amide bonds. The van der Waals surface area contributed by atoms with Gasteiger partial charge in [0, 0.05) is 25.4 Å². The summed E-state index contributed by atoms with van der Waals surface area (Å²) in [6.45, 7) is 0.895. The van der Waals surface area contributed by atoms with E-state index in [1.54, 1.807) is 6.07 Å². The summed E-state index contributed by atoms with van der Waals surface area (Å²) in [5, 5.41) is 9.24. The number of nitrogens with two attached hydrogens (primary N) is 1. The summed E-state index contributed by atoms with van der Waals surface area (Å²) in [4.78, 5) is 18.4. The van der Waals surface area contributed by atoms with Gasteiger partial charge in [0.2, 0.25) is 0 Å². The lowest BCUT2D eigenvalue weighted by molar-refractivity contribution is 0.0724. The number of nitrogen functional groups attached to an aromatic ring is 1. The number of rotatable bonds is 5. The number of hydrogen-bond acceptors (Lipinski definition) is 5. The molecule has 1 aliphatic heterocycles. The summed E-state index contributed by atoms with van der Waals surface area (Å²) in [6, 6.07) is 1.77. The average molecular weight is 299 g/mol. The van der Waals surface area contributed by atoms with E-state index >= 15 is 0 Å². The minimum absolute atomic E-state index is 0.0663. The maximum Gasteiger partial charge on any atom is 0.255 e. The predicted molar refractivity (Wildman–Crippen MR) is 77.4 cm³/mol. The highest BCUT2D eigenvalue weighted by Crippen LogP contribution is 2.25. The van der Waals surface area contributed by atoms with Gasteiger partial charge in [0.05, 0.1) is 10.6 Å². The normalized spacial score (nSPS) is 18.4. The van der Waals surface area contributed by atoms with Crippen molar-refractivity contribution in [2.45, 2.75) is 31.7 Å². The Balaban J connectivity index is 2.11. The van der Waals surface area contributed by atoms with Crippen molar-refractivity contribution < 1.29 is 9.90 Å². The third kappa shape index (κ3) is 3.20. The molecule has 7 heteroatoms. The van der Waals surface area contributed by atoms with Crippen LogP contribution in [0.15, 0.2) is 12.3 Å². The minimum atomic E-state index is -0.0663. The van der Waals surface area contributed by atoms with Crippen molar-refractivity contribution >= 4 is 23.3 Å². The Hall–Kier alpha value is -1.37. The van der Waals surface area contributed by atoms with E-state index in [0.717, 1.165) is 25.8 Å². The van der Waals surface area contributed by atoms with Gasteiger partial charge >= 0.3 is 0 Å². The third-order valence-corrected chi connectivity index (χ3v) is 3.85. The molecule has 1 aliphatic rings. The highest BCUT2D eigenvalue weighted by Gasteiger charge is 2.29. The lowest BCUT2D eigenvalue weighted by Gasteiger charge is -2.24. The molecule has 1 fully saturated rings. The van der Waals surface area contributed by atoms with Crippen molar-refractivity contribution in [3.05, 3.63) is 22.8 Å². The second-order valence-electron chi connectivity index (χ2n) is 4.86. The van der Waals surface area contributed by atoms with Gasteiger partial charge in [-0.1, -0.05) is 11.6 Å². The van der Waals surface area contributed by atoms with E-state index in [4.69, 9.17) is 22.6 Å². The van der Waals surface area contributed by atoms with Crippen molar-refractivity contribution in [2.24, 2.45) is 5.84 Å². The lowest BCUT2D eigenvalue weighted by Crippen LogP contribution is -2.35. The van der Waals surface area contributed by atoms with E-state index in [1.807, 2.05) is 4.90 Å². The second-order valence-corrected chi connectivity index (χ2v) is 5.27. The number of carbonyl (C=O) groups excluding carboxylic acids is 1. The largest absolute Gasteiger partial charge is 0.396 e. The van der Waals surface area contributed by atoms with Crippen LogP contribution in [0.2, 0.25) is 5.02 Å². The summed E-state index contributed by atoms with van der Waals surface area (Å²) in [6.07, 6.45) is 4.99. The van der Waals surface area contributed by atoms with Crippen molar-refractivity contribution in [1.82, 2.24) is 9.88 Å². The molecule has 1 unspecified atom stereocenters. The van der Waals surface area contributed by atoms with E-state index < -0.39 is 0 Å². The van der Waals surface area contributed by atoms with Gasteiger partial charge in [-0.3, -0.25) is 4.79 Å². The lowest BCUT2D eigenvalue weighted by atomic mass is 10.1. The highest BCUT2D eigenvalue weighted by molar-refractivity contribution is 6.33. The molecular weight excluding hydrogens is 280 g/mol. The number of amides is 1. The Bertz CT molecular complexity index is 483. The van der Waals surface area contributed by atoms with Crippen LogP contribution >= 0.6 is 11.6 Å². The minimum Gasteiger partial charge on any atom is -0.396 e. The topological polar surface area (TPSA) is 91.5 Å². The molecular formula is C13H19ClN4O2. The highest BCUT2D eigenvalue weighted by atomic mass is 35.5. The Kier molecular flexibility index (Phi) is 5.17. The number of nitrogens with zero attached hydrogens (tertiary/aromatic N) is 2. The van der Waals surface area contributed by atoms with Crippen LogP contribution in [-0.4, -0.2) is 40.1 Å². The molecule has 1 atom stereocenters. The molecule has 1 aromatic heterocycles. The zero-order valence-electron chi connectivity index (χ0n) is 11.2. The molecule has 110 valence electrons. The number of halogens is 1. The third-order valence-electron chi connectivity index (χ3n) is 3.56. The number of carbonyl (C=O) groups is 1. The molecule has 4 N–H and O–H groups in total. The second kappa shape index (κ2) is 6.88. The number of nitrogens with one attached hydrogen (secondary N) is 1. The van der Waals surface area contributed by atoms with Gasteiger partial charge in [0.15, 0.2) is 5.82 Å². The van der Waals surface area contributed by atoms with Crippen molar-refractivity contribution in [1.29, 1.82) is 0 Å². The first-order valence-electron chi connectivity index (χ1n) is 6.71. The van der Waals surface area contributed by atoms with Crippen LogP contribution in [0.25, 0.3) is 0 Å². The van der Waals surface area contributed by atoms with Crippen LogP contribution in [0.3, 0.4) is 0 Å². The van der Waals surface area contributed by atoms with Crippen LogP contribution in [-0.2, 0) is 0 Å². The number of hydrogen-bond donors (Lipinski definition) is 3. The molecule has 20 heavy (non-hydrogen) atoms. The average Bonchev–Trinajstić information content (AvgIpc) is 2.92. The van der Waals surface area contributed by atoms with E-state index in [-0.39, 0.29) is 18.6 Å². The van der Waals surface area contributed by atoms with Crippen molar-refractivity contribution in [3.8, 4) is 0 Å². The van der Waals surface area contributed by atoms with Gasteiger partial charge in [0.25, 0.3) is 5.91 Å². The fourth-order valence-electron chi connectivity index (χ4n) is 2.56. The molecule has 0 radical (unpaired) electrons. The molecule has 1 saturated heterocycles. The summed E-state index contributed by atoms with van der Waals surface area (Å²) < 4.78 is 0. The van der Waals surface area contributed by atoms with Crippen LogP contribution < -0.4 is 11.3 Å². The number of likely N-dealkylation sites (tertiary alicyclic amines) is 1. The van der Waals surface area contributed by atoms with E-state index in [2.05, 4.69) is 10.4 Å². The Labute approximate surface area is 122 Å². The van der Waals surface area contributed by atoms with Gasteiger partial charge in [-0.15, -0.1) is 0 Å². The molecule has 2 rings (SSSR count). The van der Waals surface area contributed by atoms with Crippen LogP contribution in [0.4, 0.5) is 5.82 Å². The molecule has 2 heterocycles. The quantitative estimate of drug-likeness (QED) is 0.564. The van der Waals surface area contributed by atoms with Gasteiger partial charge in [0.1, 0.15) is 0 Å². The molecule has 1 aromatic rings. The molecule has 0 aromatic carbocycles. The Morgan fingerprint density at radius 2 is 2.45 bits per heavy atom. The first kappa shape index (κ1) is 15.0. The molecule has 0 aliphatic carbocycles. The van der Waals surface area contributed by atoms with Crippen LogP contribution in [0.5, 0.6) is 0 Å². The summed E-state index contributed by atoms with van der Waals surface area (Å²) in [5.74, 6) is 5.54. The van der Waals surface area contributed by atoms with E-state index in [0.29, 0.717) is 22.8 Å².